The van der Waals surface area contributed by atoms with E-state index in [0.29, 0.717) is 11.5 Å². The number of carbonyl (C=O) groups excluding carboxylic acids is 1. The van der Waals surface area contributed by atoms with Crippen LogP contribution in [0.25, 0.3) is 10.6 Å². The molecule has 1 N–H and O–H groups in total. The molecule has 0 aliphatic carbocycles. The predicted octanol–water partition coefficient (Wildman–Crippen LogP) is 2.93. The highest BCUT2D eigenvalue weighted by molar-refractivity contribution is 7.13. The maximum Gasteiger partial charge on any atom is 0.273 e. The molecule has 0 aliphatic rings. The lowest BCUT2D eigenvalue weighted by Gasteiger charge is -2.19. The number of aromatic nitrogens is 1. The summed E-state index contributed by atoms with van der Waals surface area (Å²) in [6, 6.07) is 5.51. The minimum absolute atomic E-state index is 0.218. The Bertz CT molecular complexity index is 509. The number of hydrogen-bond donors (Lipinski definition) is 1. The molecule has 2 aromatic rings. The van der Waals surface area contributed by atoms with Crippen molar-refractivity contribution in [3.8, 4) is 10.6 Å². The van der Waals surface area contributed by atoms with Gasteiger partial charge in [0.15, 0.2) is 11.5 Å². The monoisotopic (exact) mass is 250 g/mol. The molecule has 5 heteroatoms. The molecule has 17 heavy (non-hydrogen) atoms. The number of hydrogen-bond acceptors (Lipinski definition) is 4. The van der Waals surface area contributed by atoms with Gasteiger partial charge in [-0.1, -0.05) is 11.2 Å². The van der Waals surface area contributed by atoms with E-state index < -0.39 is 0 Å². The van der Waals surface area contributed by atoms with Crippen molar-refractivity contribution in [2.24, 2.45) is 0 Å². The summed E-state index contributed by atoms with van der Waals surface area (Å²) >= 11 is 1.55. The Morgan fingerprint density at radius 1 is 1.47 bits per heavy atom. The van der Waals surface area contributed by atoms with Crippen LogP contribution >= 0.6 is 11.3 Å². The number of carbonyl (C=O) groups is 1. The maximum atomic E-state index is 11.8. The largest absolute Gasteiger partial charge is 0.355 e. The highest BCUT2D eigenvalue weighted by atomic mass is 32.1. The first kappa shape index (κ1) is 11.9. The molecule has 2 heterocycles. The van der Waals surface area contributed by atoms with Crippen molar-refractivity contribution >= 4 is 17.2 Å². The fraction of sp³-hybridized carbons (Fsp3) is 0.333. The van der Waals surface area contributed by atoms with Crippen LogP contribution in [0.4, 0.5) is 0 Å². The molecule has 1 amide bonds. The van der Waals surface area contributed by atoms with Gasteiger partial charge in [-0.2, -0.15) is 0 Å². The predicted molar refractivity (Wildman–Crippen MR) is 67.0 cm³/mol. The summed E-state index contributed by atoms with van der Waals surface area (Å²) in [5.41, 5.74) is 0.0300. The number of nitrogens with zero attached hydrogens (tertiary/aromatic N) is 1. The second kappa shape index (κ2) is 4.33. The average molecular weight is 250 g/mol. The molecule has 2 aromatic heterocycles. The molecule has 0 atom stereocenters. The Labute approximate surface area is 104 Å². The molecule has 90 valence electrons. The Morgan fingerprint density at radius 2 is 2.24 bits per heavy atom. The van der Waals surface area contributed by atoms with E-state index in [1.54, 1.807) is 17.4 Å². The molecule has 0 radical (unpaired) electrons. The van der Waals surface area contributed by atoms with Crippen LogP contribution in [-0.4, -0.2) is 16.6 Å². The summed E-state index contributed by atoms with van der Waals surface area (Å²) in [6.07, 6.45) is 0. The fourth-order valence-electron chi connectivity index (χ4n) is 1.32. The second-order valence-electron chi connectivity index (χ2n) is 4.76. The van der Waals surface area contributed by atoms with Crippen molar-refractivity contribution in [2.45, 2.75) is 26.3 Å². The second-order valence-corrected chi connectivity index (χ2v) is 5.71. The average Bonchev–Trinajstić information content (AvgIpc) is 2.86. The van der Waals surface area contributed by atoms with E-state index >= 15 is 0 Å². The quantitative estimate of drug-likeness (QED) is 0.891. The summed E-state index contributed by atoms with van der Waals surface area (Å²) in [5, 5.41) is 8.56. The zero-order chi connectivity index (χ0) is 12.5. The number of thiophene rings is 1. The van der Waals surface area contributed by atoms with E-state index in [0.717, 1.165) is 4.88 Å². The third-order valence-electron chi connectivity index (χ3n) is 2.00. The van der Waals surface area contributed by atoms with E-state index in [4.69, 9.17) is 4.52 Å². The van der Waals surface area contributed by atoms with Gasteiger partial charge in [0.2, 0.25) is 0 Å². The number of nitrogens with one attached hydrogen (secondary N) is 1. The molecule has 0 bridgehead atoms. The van der Waals surface area contributed by atoms with Gasteiger partial charge in [-0.15, -0.1) is 11.3 Å². The van der Waals surface area contributed by atoms with Crippen molar-refractivity contribution in [1.29, 1.82) is 0 Å². The number of rotatable bonds is 2. The van der Waals surface area contributed by atoms with Gasteiger partial charge in [0.05, 0.1) is 4.88 Å². The van der Waals surface area contributed by atoms with Gasteiger partial charge < -0.3 is 9.84 Å². The molecule has 4 nitrogen and oxygen atoms in total. The van der Waals surface area contributed by atoms with E-state index in [2.05, 4.69) is 10.5 Å². The van der Waals surface area contributed by atoms with E-state index in [1.807, 2.05) is 38.3 Å². The van der Waals surface area contributed by atoms with Crippen LogP contribution in [0.1, 0.15) is 31.3 Å². The molecule has 0 spiro atoms. The maximum absolute atomic E-state index is 11.8. The minimum atomic E-state index is -0.279. The molecule has 0 unspecified atom stereocenters. The Balaban J connectivity index is 2.16. The molecular weight excluding hydrogens is 236 g/mol. The normalized spacial score (nSPS) is 11.5. The Morgan fingerprint density at radius 3 is 2.82 bits per heavy atom. The molecule has 0 aliphatic heterocycles. The van der Waals surface area contributed by atoms with Gasteiger partial charge >= 0.3 is 0 Å². The van der Waals surface area contributed by atoms with Gasteiger partial charge in [-0.05, 0) is 32.2 Å². The summed E-state index contributed by atoms with van der Waals surface area (Å²) in [6.45, 7) is 5.77. The van der Waals surface area contributed by atoms with E-state index in [-0.39, 0.29) is 11.4 Å². The summed E-state index contributed by atoms with van der Waals surface area (Å²) in [4.78, 5) is 12.8. The third-order valence-corrected chi connectivity index (χ3v) is 2.88. The molecule has 0 saturated heterocycles. The van der Waals surface area contributed by atoms with Gasteiger partial charge in [-0.3, -0.25) is 4.79 Å². The summed E-state index contributed by atoms with van der Waals surface area (Å²) in [5.74, 6) is 0.406. The lowest BCUT2D eigenvalue weighted by Crippen LogP contribution is -2.40. The van der Waals surface area contributed by atoms with E-state index in [9.17, 15) is 4.79 Å². The Hall–Kier alpha value is -1.62. The van der Waals surface area contributed by atoms with E-state index in [1.165, 1.54) is 0 Å². The molecule has 2 rings (SSSR count). The standard InChI is InChI=1S/C12H14N2O2S/c1-12(2,3)13-11(15)8-7-9(16-14-8)10-5-4-6-17-10/h4-7H,1-3H3,(H,13,15). The van der Waals surface area contributed by atoms with Crippen molar-refractivity contribution < 1.29 is 9.32 Å². The minimum Gasteiger partial charge on any atom is -0.355 e. The van der Waals surface area contributed by atoms with Gasteiger partial charge in [0, 0.05) is 11.6 Å². The van der Waals surface area contributed by atoms with Gasteiger partial charge in [-0.25, -0.2) is 0 Å². The highest BCUT2D eigenvalue weighted by Crippen LogP contribution is 2.25. The zero-order valence-electron chi connectivity index (χ0n) is 9.98. The van der Waals surface area contributed by atoms with Crippen LogP contribution in [0, 0.1) is 0 Å². The first-order chi connectivity index (χ1) is 7.96. The Kier molecular flexibility index (Phi) is 3.02. The van der Waals surface area contributed by atoms with Crippen LogP contribution in [0.15, 0.2) is 28.1 Å². The lowest BCUT2D eigenvalue weighted by atomic mass is 10.1. The lowest BCUT2D eigenvalue weighted by molar-refractivity contribution is 0.0910. The van der Waals surface area contributed by atoms with Crippen LogP contribution < -0.4 is 5.32 Å². The highest BCUT2D eigenvalue weighted by Gasteiger charge is 2.19. The zero-order valence-corrected chi connectivity index (χ0v) is 10.8. The SMILES string of the molecule is CC(C)(C)NC(=O)c1cc(-c2cccs2)on1. The smallest absolute Gasteiger partial charge is 0.273 e. The fourth-order valence-corrected chi connectivity index (χ4v) is 1.99. The van der Waals surface area contributed by atoms with Crippen LogP contribution in [0.3, 0.4) is 0 Å². The molecule has 0 fully saturated rings. The summed E-state index contributed by atoms with van der Waals surface area (Å²) in [7, 11) is 0. The van der Waals surface area contributed by atoms with Crippen LogP contribution in [-0.2, 0) is 0 Å². The molecule has 0 saturated carbocycles. The van der Waals surface area contributed by atoms with Gasteiger partial charge in [0.1, 0.15) is 0 Å². The molecule has 0 aromatic carbocycles. The first-order valence-corrected chi connectivity index (χ1v) is 6.17. The van der Waals surface area contributed by atoms with Gasteiger partial charge in [0.25, 0.3) is 5.91 Å². The summed E-state index contributed by atoms with van der Waals surface area (Å²) < 4.78 is 5.14. The molecular formula is C12H14N2O2S. The van der Waals surface area contributed by atoms with Crippen molar-refractivity contribution in [3.05, 3.63) is 29.3 Å². The van der Waals surface area contributed by atoms with Crippen molar-refractivity contribution in [1.82, 2.24) is 10.5 Å². The van der Waals surface area contributed by atoms with Crippen LogP contribution in [0.2, 0.25) is 0 Å². The van der Waals surface area contributed by atoms with Crippen molar-refractivity contribution in [2.75, 3.05) is 0 Å². The van der Waals surface area contributed by atoms with Crippen molar-refractivity contribution in [3.63, 3.8) is 0 Å². The third kappa shape index (κ3) is 2.94. The number of amides is 1. The van der Waals surface area contributed by atoms with Crippen LogP contribution in [0.5, 0.6) is 0 Å². The first-order valence-electron chi connectivity index (χ1n) is 5.29. The topological polar surface area (TPSA) is 55.1 Å².